The van der Waals surface area contributed by atoms with E-state index in [1.165, 1.54) is 5.56 Å². The molecule has 2 N–H and O–H groups in total. The van der Waals surface area contributed by atoms with E-state index in [1.807, 2.05) is 37.4 Å². The molecule has 4 heterocycles. The molecule has 0 bridgehead atoms. The van der Waals surface area contributed by atoms with Gasteiger partial charge in [0.15, 0.2) is 0 Å². The van der Waals surface area contributed by atoms with Crippen LogP contribution in [-0.4, -0.2) is 48.1 Å². The monoisotopic (exact) mass is 539 g/mol. The summed E-state index contributed by atoms with van der Waals surface area (Å²) in [6.07, 6.45) is 3.97. The summed E-state index contributed by atoms with van der Waals surface area (Å²) in [4.78, 5) is 33.4. The van der Waals surface area contributed by atoms with Gasteiger partial charge >= 0.3 is 11.9 Å². The lowest BCUT2D eigenvalue weighted by Crippen LogP contribution is -2.43. The molecule has 3 atom stereocenters. The molecule has 3 aromatic rings. The van der Waals surface area contributed by atoms with E-state index in [2.05, 4.69) is 55.2 Å². The number of hydrogen-bond acceptors (Lipinski definition) is 6. The number of H-pyrrole nitrogens is 1. The second-order valence-electron chi connectivity index (χ2n) is 11.3. The van der Waals surface area contributed by atoms with Crippen molar-refractivity contribution in [3.8, 4) is 0 Å². The predicted octanol–water partition coefficient (Wildman–Crippen LogP) is 5.63. The van der Waals surface area contributed by atoms with E-state index in [4.69, 9.17) is 9.47 Å². The number of fused-ring (bicyclic) bond motifs is 1. The number of carbonyl (C=O) groups is 2. The molecule has 0 saturated carbocycles. The van der Waals surface area contributed by atoms with Gasteiger partial charge in [-0.25, -0.2) is 9.59 Å². The van der Waals surface area contributed by atoms with Crippen molar-refractivity contribution in [3.63, 3.8) is 0 Å². The molecule has 1 fully saturated rings. The molecular formula is C33H37N3O4. The third kappa shape index (κ3) is 4.33. The Labute approximate surface area is 235 Å². The van der Waals surface area contributed by atoms with E-state index < -0.39 is 24.0 Å². The number of rotatable bonds is 5. The maximum atomic E-state index is 14.1. The average molecular weight is 540 g/mol. The first-order chi connectivity index (χ1) is 19.3. The number of dihydropyridines is 1. The summed E-state index contributed by atoms with van der Waals surface area (Å²) in [7, 11) is 2.10. The first-order valence-electron chi connectivity index (χ1n) is 14.2. The second kappa shape index (κ2) is 10.3. The van der Waals surface area contributed by atoms with E-state index in [1.54, 1.807) is 0 Å². The lowest BCUT2D eigenvalue weighted by Gasteiger charge is -2.40. The Morgan fingerprint density at radius 2 is 1.93 bits per heavy atom. The number of likely N-dealkylation sites (N-methyl/N-ethyl adjacent to an activating group) is 1. The molecular weight excluding hydrogens is 502 g/mol. The molecule has 1 saturated heterocycles. The maximum Gasteiger partial charge on any atom is 0.337 e. The summed E-state index contributed by atoms with van der Waals surface area (Å²) >= 11 is 0. The highest BCUT2D eigenvalue weighted by Crippen LogP contribution is 2.48. The van der Waals surface area contributed by atoms with Crippen LogP contribution < -0.4 is 5.32 Å². The quantitative estimate of drug-likeness (QED) is 0.409. The summed E-state index contributed by atoms with van der Waals surface area (Å²) in [6.45, 7) is 9.25. The van der Waals surface area contributed by atoms with E-state index in [0.29, 0.717) is 17.6 Å². The molecule has 0 aliphatic carbocycles. The van der Waals surface area contributed by atoms with Gasteiger partial charge in [-0.1, -0.05) is 29.8 Å². The molecule has 0 spiro atoms. The Bertz CT molecular complexity index is 1560. The number of aryl methyl sites for hydroxylation is 3. The van der Waals surface area contributed by atoms with Gasteiger partial charge in [-0.3, -0.25) is 4.90 Å². The highest BCUT2D eigenvalue weighted by atomic mass is 16.5. The number of ether oxygens (including phenoxy) is 2. The topological polar surface area (TPSA) is 83.7 Å². The van der Waals surface area contributed by atoms with E-state index in [0.717, 1.165) is 63.9 Å². The largest absolute Gasteiger partial charge is 0.463 e. The van der Waals surface area contributed by atoms with Crippen LogP contribution >= 0.6 is 0 Å². The van der Waals surface area contributed by atoms with Crippen LogP contribution in [0.3, 0.4) is 0 Å². The van der Waals surface area contributed by atoms with Crippen LogP contribution in [0.5, 0.6) is 0 Å². The molecule has 7 nitrogen and oxygen atoms in total. The summed E-state index contributed by atoms with van der Waals surface area (Å²) in [5.74, 6) is -1.39. The molecule has 7 heteroatoms. The Balaban J connectivity index is 1.56. The molecule has 3 aliphatic rings. The molecule has 6 rings (SSSR count). The summed E-state index contributed by atoms with van der Waals surface area (Å²) < 4.78 is 11.9. The van der Waals surface area contributed by atoms with E-state index >= 15 is 0 Å². The third-order valence-electron chi connectivity index (χ3n) is 8.69. The van der Waals surface area contributed by atoms with Crippen molar-refractivity contribution in [1.82, 2.24) is 15.2 Å². The second-order valence-corrected chi connectivity index (χ2v) is 11.3. The molecule has 208 valence electrons. The molecule has 3 unspecified atom stereocenters. The number of benzene rings is 2. The van der Waals surface area contributed by atoms with Crippen LogP contribution in [0, 0.1) is 20.8 Å². The molecule has 3 aliphatic heterocycles. The minimum atomic E-state index is -0.604. The lowest BCUT2D eigenvalue weighted by atomic mass is 9.76. The Morgan fingerprint density at radius 3 is 2.62 bits per heavy atom. The molecule has 1 aromatic heterocycles. The van der Waals surface area contributed by atoms with Crippen LogP contribution in [0.15, 0.2) is 65.1 Å². The van der Waals surface area contributed by atoms with Crippen molar-refractivity contribution in [2.45, 2.75) is 65.0 Å². The SMILES string of the molecule is CCOC(=O)C1=C(C2CCCN2C)NC2=C(C(=O)OC(c3c(C)cc(C)cc3C)C2)C1c1cccc2[nH]ccc12. The van der Waals surface area contributed by atoms with Gasteiger partial charge < -0.3 is 19.8 Å². The van der Waals surface area contributed by atoms with Crippen molar-refractivity contribution >= 4 is 22.8 Å². The van der Waals surface area contributed by atoms with Gasteiger partial charge in [-0.2, -0.15) is 0 Å². The number of likely N-dealkylation sites (tertiary alicyclic amines) is 1. The normalized spacial score (nSPS) is 23.3. The van der Waals surface area contributed by atoms with Crippen molar-refractivity contribution in [1.29, 1.82) is 0 Å². The third-order valence-corrected chi connectivity index (χ3v) is 8.69. The molecule has 0 radical (unpaired) electrons. The Kier molecular flexibility index (Phi) is 6.78. The first-order valence-corrected chi connectivity index (χ1v) is 14.2. The number of aromatic amines is 1. The van der Waals surface area contributed by atoms with Gasteiger partial charge in [-0.05, 0) is 88.5 Å². The number of nitrogens with one attached hydrogen (secondary N) is 2. The smallest absolute Gasteiger partial charge is 0.337 e. The molecule has 0 amide bonds. The van der Waals surface area contributed by atoms with E-state index in [-0.39, 0.29) is 12.6 Å². The van der Waals surface area contributed by atoms with Gasteiger partial charge in [-0.15, -0.1) is 0 Å². The van der Waals surface area contributed by atoms with Crippen molar-refractivity contribution in [2.75, 3.05) is 20.2 Å². The van der Waals surface area contributed by atoms with Crippen LogP contribution in [0.25, 0.3) is 10.9 Å². The van der Waals surface area contributed by atoms with E-state index in [9.17, 15) is 9.59 Å². The number of aromatic nitrogens is 1. The van der Waals surface area contributed by atoms with Crippen LogP contribution in [0.1, 0.15) is 66.0 Å². The zero-order valence-corrected chi connectivity index (χ0v) is 23.9. The van der Waals surface area contributed by atoms with Gasteiger partial charge in [0.2, 0.25) is 0 Å². The average Bonchev–Trinajstić information content (AvgIpc) is 3.56. The summed E-state index contributed by atoms with van der Waals surface area (Å²) in [6, 6.07) is 12.3. The minimum Gasteiger partial charge on any atom is -0.463 e. The standard InChI is InChI=1S/C33H37N3O4/c1-6-39-32(37)30-28(22-9-7-10-23-21(22)12-13-34-23)29-24(35-31(30)25-11-8-14-36(25)5)17-26(40-33(29)38)27-19(3)15-18(2)16-20(27)4/h7,9-10,12-13,15-16,25-26,28,34-35H,6,8,11,14,17H2,1-5H3. The van der Waals surface area contributed by atoms with Crippen LogP contribution in [0.2, 0.25) is 0 Å². The lowest BCUT2D eigenvalue weighted by molar-refractivity contribution is -0.147. The summed E-state index contributed by atoms with van der Waals surface area (Å²) in [5, 5.41) is 4.62. The highest BCUT2D eigenvalue weighted by Gasteiger charge is 2.46. The number of cyclic esters (lactones) is 1. The Morgan fingerprint density at radius 1 is 1.15 bits per heavy atom. The fourth-order valence-electron chi connectivity index (χ4n) is 7.10. The number of esters is 2. The highest BCUT2D eigenvalue weighted by molar-refractivity contribution is 6.02. The number of carbonyl (C=O) groups excluding carboxylic acids is 2. The predicted molar refractivity (Wildman–Crippen MR) is 155 cm³/mol. The molecule has 2 aromatic carbocycles. The van der Waals surface area contributed by atoms with Gasteiger partial charge in [0.25, 0.3) is 0 Å². The number of nitrogens with zero attached hydrogens (tertiary/aromatic N) is 1. The van der Waals surface area contributed by atoms with Crippen molar-refractivity contribution < 1.29 is 19.1 Å². The first kappa shape index (κ1) is 26.4. The zero-order valence-electron chi connectivity index (χ0n) is 23.9. The Hall–Kier alpha value is -3.84. The van der Waals surface area contributed by atoms with Gasteiger partial charge in [0.05, 0.1) is 29.7 Å². The van der Waals surface area contributed by atoms with Crippen LogP contribution in [-0.2, 0) is 19.1 Å². The van der Waals surface area contributed by atoms with Gasteiger partial charge in [0.1, 0.15) is 6.10 Å². The van der Waals surface area contributed by atoms with Crippen LogP contribution in [0.4, 0.5) is 0 Å². The molecule has 40 heavy (non-hydrogen) atoms. The fourth-order valence-corrected chi connectivity index (χ4v) is 7.10. The maximum absolute atomic E-state index is 14.1. The fraction of sp³-hybridized carbons (Fsp3) is 0.394. The minimum absolute atomic E-state index is 0.0284. The van der Waals surface area contributed by atoms with Crippen molar-refractivity contribution in [3.05, 3.63) is 93.0 Å². The number of hydrogen-bond donors (Lipinski definition) is 2. The zero-order chi connectivity index (χ0) is 28.1. The summed E-state index contributed by atoms with van der Waals surface area (Å²) in [5.41, 5.74) is 9.00. The van der Waals surface area contributed by atoms with Gasteiger partial charge in [0, 0.05) is 34.9 Å². The van der Waals surface area contributed by atoms with Crippen molar-refractivity contribution in [2.24, 2.45) is 0 Å².